The number of pyridine rings is 1. The van der Waals surface area contributed by atoms with Crippen LogP contribution in [0.3, 0.4) is 0 Å². The molecule has 98 valence electrons. The molecule has 0 radical (unpaired) electrons. The minimum atomic E-state index is -1.03. The molecule has 0 saturated heterocycles. The minimum absolute atomic E-state index is 0.203. The van der Waals surface area contributed by atoms with Crippen molar-refractivity contribution in [2.24, 2.45) is 0 Å². The molecule has 0 spiro atoms. The van der Waals surface area contributed by atoms with E-state index in [1.807, 2.05) is 0 Å². The third-order valence-electron chi connectivity index (χ3n) is 1.83. The molecule has 0 amide bonds. The normalized spacial score (nSPS) is 10.8. The zero-order chi connectivity index (χ0) is 13.8. The summed E-state index contributed by atoms with van der Waals surface area (Å²) < 4.78 is 5.20. The number of anilines is 1. The number of hydrogen-bond acceptors (Lipinski definition) is 5. The van der Waals surface area contributed by atoms with Gasteiger partial charge in [0.15, 0.2) is 0 Å². The number of aliphatic carboxylic acids is 1. The maximum absolute atomic E-state index is 11.9. The van der Waals surface area contributed by atoms with Gasteiger partial charge in [-0.25, -0.2) is 9.78 Å². The van der Waals surface area contributed by atoms with Crippen molar-refractivity contribution in [2.75, 3.05) is 11.9 Å². The van der Waals surface area contributed by atoms with Crippen LogP contribution >= 0.6 is 0 Å². The second kappa shape index (κ2) is 5.48. The monoisotopic (exact) mass is 252 g/mol. The Morgan fingerprint density at radius 3 is 2.67 bits per heavy atom. The zero-order valence-corrected chi connectivity index (χ0v) is 10.6. The van der Waals surface area contributed by atoms with Gasteiger partial charge in [0, 0.05) is 6.20 Å². The van der Waals surface area contributed by atoms with Crippen molar-refractivity contribution in [1.82, 2.24) is 4.98 Å². The lowest BCUT2D eigenvalue weighted by Crippen LogP contribution is -2.25. The van der Waals surface area contributed by atoms with Gasteiger partial charge in [0.1, 0.15) is 23.5 Å². The molecule has 0 atom stereocenters. The van der Waals surface area contributed by atoms with Crippen LogP contribution in [0.2, 0.25) is 0 Å². The molecule has 0 fully saturated rings. The van der Waals surface area contributed by atoms with Gasteiger partial charge in [-0.05, 0) is 32.9 Å². The number of rotatable bonds is 4. The first-order chi connectivity index (χ1) is 8.29. The number of hydrogen-bond donors (Lipinski definition) is 2. The summed E-state index contributed by atoms with van der Waals surface area (Å²) in [6.45, 7) is 4.95. The summed E-state index contributed by atoms with van der Waals surface area (Å²) in [5.41, 5.74) is -0.398. The van der Waals surface area contributed by atoms with Crippen LogP contribution in [0, 0.1) is 0 Å². The molecule has 1 heterocycles. The average Bonchev–Trinajstić information content (AvgIpc) is 2.24. The van der Waals surface area contributed by atoms with Gasteiger partial charge in [-0.3, -0.25) is 4.79 Å². The summed E-state index contributed by atoms with van der Waals surface area (Å²) in [6.07, 6.45) is 1.47. The molecule has 6 nitrogen and oxygen atoms in total. The number of carbonyl (C=O) groups is 2. The van der Waals surface area contributed by atoms with Crippen LogP contribution in [0.4, 0.5) is 5.82 Å². The third-order valence-corrected chi connectivity index (χ3v) is 1.83. The van der Waals surface area contributed by atoms with Gasteiger partial charge in [0.05, 0.1) is 0 Å². The minimum Gasteiger partial charge on any atom is -0.480 e. The topological polar surface area (TPSA) is 88.5 Å². The molecule has 1 rings (SSSR count). The fourth-order valence-corrected chi connectivity index (χ4v) is 1.20. The van der Waals surface area contributed by atoms with Gasteiger partial charge in [-0.1, -0.05) is 0 Å². The second-order valence-corrected chi connectivity index (χ2v) is 4.65. The maximum Gasteiger partial charge on any atom is 0.342 e. The lowest BCUT2D eigenvalue weighted by Gasteiger charge is -2.20. The first-order valence-electron chi connectivity index (χ1n) is 5.43. The molecule has 1 aromatic rings. The Hall–Kier alpha value is -2.11. The summed E-state index contributed by atoms with van der Waals surface area (Å²) in [5.74, 6) is -1.37. The van der Waals surface area contributed by atoms with E-state index in [4.69, 9.17) is 9.84 Å². The molecule has 18 heavy (non-hydrogen) atoms. The van der Waals surface area contributed by atoms with E-state index in [1.165, 1.54) is 12.3 Å². The quantitative estimate of drug-likeness (QED) is 0.790. The summed E-state index contributed by atoms with van der Waals surface area (Å²) in [4.78, 5) is 26.3. The Balaban J connectivity index is 2.87. The van der Waals surface area contributed by atoms with E-state index in [-0.39, 0.29) is 17.9 Å². The van der Waals surface area contributed by atoms with Gasteiger partial charge in [-0.15, -0.1) is 0 Å². The van der Waals surface area contributed by atoms with Gasteiger partial charge in [0.2, 0.25) is 0 Å². The van der Waals surface area contributed by atoms with Crippen molar-refractivity contribution in [3.63, 3.8) is 0 Å². The van der Waals surface area contributed by atoms with E-state index >= 15 is 0 Å². The van der Waals surface area contributed by atoms with Gasteiger partial charge in [0.25, 0.3) is 0 Å². The van der Waals surface area contributed by atoms with Crippen molar-refractivity contribution in [3.8, 4) is 0 Å². The zero-order valence-electron chi connectivity index (χ0n) is 10.6. The maximum atomic E-state index is 11.9. The van der Waals surface area contributed by atoms with Crippen LogP contribution in [0.1, 0.15) is 31.1 Å². The van der Waals surface area contributed by atoms with E-state index in [2.05, 4.69) is 10.3 Å². The van der Waals surface area contributed by atoms with Crippen molar-refractivity contribution >= 4 is 17.8 Å². The number of carbonyl (C=O) groups excluding carboxylic acids is 1. The smallest absolute Gasteiger partial charge is 0.342 e. The van der Waals surface area contributed by atoms with E-state index in [0.717, 1.165) is 0 Å². The van der Waals surface area contributed by atoms with Crippen LogP contribution in [-0.2, 0) is 9.53 Å². The van der Waals surface area contributed by atoms with Crippen molar-refractivity contribution in [1.29, 1.82) is 0 Å². The predicted octanol–water partition coefficient (Wildman–Crippen LogP) is 1.53. The first kappa shape index (κ1) is 14.0. The van der Waals surface area contributed by atoms with Crippen LogP contribution in [0.25, 0.3) is 0 Å². The molecular weight excluding hydrogens is 236 g/mol. The molecule has 1 aromatic heterocycles. The molecule has 0 saturated carbocycles. The number of nitrogens with zero attached hydrogens (tertiary/aromatic N) is 1. The molecule has 0 aliphatic heterocycles. The predicted molar refractivity (Wildman–Crippen MR) is 65.5 cm³/mol. The molecule has 0 aromatic carbocycles. The molecule has 0 aliphatic carbocycles. The summed E-state index contributed by atoms with van der Waals surface area (Å²) in [5, 5.41) is 11.2. The van der Waals surface area contributed by atoms with E-state index < -0.39 is 17.5 Å². The molecule has 6 heteroatoms. The van der Waals surface area contributed by atoms with Crippen LogP contribution in [0.5, 0.6) is 0 Å². The SMILES string of the molecule is CC(C)(C)OC(=O)c1cccnc1NCC(=O)O. The van der Waals surface area contributed by atoms with E-state index in [9.17, 15) is 9.59 Å². The lowest BCUT2D eigenvalue weighted by molar-refractivity contribution is -0.134. The molecule has 0 bridgehead atoms. The van der Waals surface area contributed by atoms with Crippen LogP contribution in [0.15, 0.2) is 18.3 Å². The Bertz CT molecular complexity index is 452. The largest absolute Gasteiger partial charge is 0.480 e. The third kappa shape index (κ3) is 4.40. The number of carboxylic acid groups (broad SMARTS) is 1. The van der Waals surface area contributed by atoms with Crippen molar-refractivity contribution in [2.45, 2.75) is 26.4 Å². The highest BCUT2D eigenvalue weighted by atomic mass is 16.6. The number of ether oxygens (including phenoxy) is 1. The molecule has 0 aliphatic rings. The van der Waals surface area contributed by atoms with Crippen LogP contribution in [-0.4, -0.2) is 34.2 Å². The Morgan fingerprint density at radius 2 is 2.11 bits per heavy atom. The van der Waals surface area contributed by atoms with Crippen molar-refractivity contribution < 1.29 is 19.4 Å². The lowest BCUT2D eigenvalue weighted by atomic mass is 10.2. The fourth-order valence-electron chi connectivity index (χ4n) is 1.20. The highest BCUT2D eigenvalue weighted by Gasteiger charge is 2.20. The number of aromatic nitrogens is 1. The highest BCUT2D eigenvalue weighted by molar-refractivity contribution is 5.95. The van der Waals surface area contributed by atoms with E-state index in [1.54, 1.807) is 26.8 Å². The van der Waals surface area contributed by atoms with Crippen LogP contribution < -0.4 is 5.32 Å². The van der Waals surface area contributed by atoms with Gasteiger partial charge < -0.3 is 15.2 Å². The summed E-state index contributed by atoms with van der Waals surface area (Å²) in [6, 6.07) is 3.12. The number of nitrogens with one attached hydrogen (secondary N) is 1. The molecular formula is C12H16N2O4. The molecule has 2 N–H and O–H groups in total. The summed E-state index contributed by atoms with van der Waals surface area (Å²) >= 11 is 0. The Morgan fingerprint density at radius 1 is 1.44 bits per heavy atom. The van der Waals surface area contributed by atoms with Crippen molar-refractivity contribution in [3.05, 3.63) is 23.9 Å². The second-order valence-electron chi connectivity index (χ2n) is 4.65. The Labute approximate surface area is 105 Å². The number of esters is 1. The fraction of sp³-hybridized carbons (Fsp3) is 0.417. The van der Waals surface area contributed by atoms with Gasteiger partial charge >= 0.3 is 11.9 Å². The van der Waals surface area contributed by atoms with E-state index in [0.29, 0.717) is 0 Å². The van der Waals surface area contributed by atoms with Gasteiger partial charge in [-0.2, -0.15) is 0 Å². The summed E-state index contributed by atoms with van der Waals surface area (Å²) in [7, 11) is 0. The Kier molecular flexibility index (Phi) is 4.25. The molecule has 0 unspecified atom stereocenters. The average molecular weight is 252 g/mol. The highest BCUT2D eigenvalue weighted by Crippen LogP contribution is 2.17. The number of carboxylic acids is 1. The standard InChI is InChI=1S/C12H16N2O4/c1-12(2,3)18-11(17)8-5-4-6-13-10(8)14-7-9(15)16/h4-6H,7H2,1-3H3,(H,13,14)(H,15,16). The first-order valence-corrected chi connectivity index (χ1v) is 5.43.